The van der Waals surface area contributed by atoms with Gasteiger partial charge in [0.25, 0.3) is 11.8 Å². The molecule has 2 heterocycles. The van der Waals surface area contributed by atoms with E-state index in [9.17, 15) is 14.4 Å². The highest BCUT2D eigenvalue weighted by atomic mass is 32.2. The Morgan fingerprint density at radius 2 is 1.57 bits per heavy atom. The van der Waals surface area contributed by atoms with Crippen molar-refractivity contribution in [1.82, 2.24) is 4.90 Å². The van der Waals surface area contributed by atoms with Gasteiger partial charge >= 0.3 is 0 Å². The van der Waals surface area contributed by atoms with E-state index in [-0.39, 0.29) is 24.3 Å². The van der Waals surface area contributed by atoms with Crippen molar-refractivity contribution in [3.63, 3.8) is 0 Å². The van der Waals surface area contributed by atoms with Crippen LogP contribution in [0.3, 0.4) is 0 Å². The summed E-state index contributed by atoms with van der Waals surface area (Å²) in [5.41, 5.74) is 4.28. The molecule has 194 valence electrons. The average Bonchev–Trinajstić information content (AvgIpc) is 3.30. The van der Waals surface area contributed by atoms with Crippen LogP contribution in [0.1, 0.15) is 62.1 Å². The standard InChI is InChI=1S/C29H33N3O3S2/c1-4-5-6-7-8-11-17-31-28(35)26(37-29(31)36)24-21-15-9-10-16-22(21)32(27(24)34)18-23(33)30-25-19(2)13-12-14-20(25)3/h9-10,12-16H,4-8,11,17-18H2,1-3H3,(H,30,33). The third-order valence-electron chi connectivity index (χ3n) is 6.78. The molecule has 0 bridgehead atoms. The van der Waals surface area contributed by atoms with Crippen LogP contribution in [0.4, 0.5) is 11.4 Å². The fraction of sp³-hybridized carbons (Fsp3) is 0.379. The van der Waals surface area contributed by atoms with Gasteiger partial charge in [-0.2, -0.15) is 0 Å². The minimum atomic E-state index is -0.349. The lowest BCUT2D eigenvalue weighted by Gasteiger charge is -2.18. The lowest BCUT2D eigenvalue weighted by molar-refractivity contribution is -0.122. The first-order chi connectivity index (χ1) is 17.8. The number of para-hydroxylation sites is 2. The smallest absolute Gasteiger partial charge is 0.267 e. The average molecular weight is 536 g/mol. The number of nitrogens with zero attached hydrogens (tertiary/aromatic N) is 2. The van der Waals surface area contributed by atoms with Gasteiger partial charge in [0.2, 0.25) is 5.91 Å². The van der Waals surface area contributed by atoms with Crippen LogP contribution in [-0.2, 0) is 14.4 Å². The Kier molecular flexibility index (Phi) is 8.82. The third kappa shape index (κ3) is 5.80. The summed E-state index contributed by atoms with van der Waals surface area (Å²) >= 11 is 6.71. The molecule has 4 rings (SSSR count). The summed E-state index contributed by atoms with van der Waals surface area (Å²) in [4.78, 5) is 43.5. The summed E-state index contributed by atoms with van der Waals surface area (Å²) in [6.07, 6.45) is 6.71. The van der Waals surface area contributed by atoms with Crippen molar-refractivity contribution < 1.29 is 14.4 Å². The molecule has 0 spiro atoms. The Morgan fingerprint density at radius 1 is 0.892 bits per heavy atom. The topological polar surface area (TPSA) is 69.7 Å². The molecular weight excluding hydrogens is 502 g/mol. The molecule has 1 saturated heterocycles. The van der Waals surface area contributed by atoms with Gasteiger partial charge in [-0.05, 0) is 37.5 Å². The number of carbonyl (C=O) groups is 3. The van der Waals surface area contributed by atoms with Crippen LogP contribution in [0.15, 0.2) is 47.4 Å². The largest absolute Gasteiger partial charge is 0.324 e. The highest BCUT2D eigenvalue weighted by Crippen LogP contribution is 2.44. The number of nitrogens with one attached hydrogen (secondary N) is 1. The molecule has 0 aromatic heterocycles. The summed E-state index contributed by atoms with van der Waals surface area (Å²) in [6.45, 7) is 6.47. The molecular formula is C29H33N3O3S2. The highest BCUT2D eigenvalue weighted by Gasteiger charge is 2.42. The SMILES string of the molecule is CCCCCCCCN1C(=O)C(=C2C(=O)N(CC(=O)Nc3c(C)cccc3C)c3ccccc32)SC1=S. The van der Waals surface area contributed by atoms with E-state index in [2.05, 4.69) is 12.2 Å². The van der Waals surface area contributed by atoms with E-state index in [4.69, 9.17) is 12.2 Å². The van der Waals surface area contributed by atoms with Crippen molar-refractivity contribution in [3.05, 3.63) is 64.1 Å². The number of aryl methyl sites for hydroxylation is 2. The first kappa shape index (κ1) is 27.1. The number of thioether (sulfide) groups is 1. The van der Waals surface area contributed by atoms with Crippen LogP contribution in [0.25, 0.3) is 5.57 Å². The summed E-state index contributed by atoms with van der Waals surface area (Å²) in [6, 6.07) is 13.1. The molecule has 0 atom stereocenters. The first-order valence-corrected chi connectivity index (χ1v) is 14.1. The molecule has 0 saturated carbocycles. The predicted molar refractivity (Wildman–Crippen MR) is 156 cm³/mol. The van der Waals surface area contributed by atoms with Crippen molar-refractivity contribution in [2.24, 2.45) is 0 Å². The Balaban J connectivity index is 1.52. The summed E-state index contributed by atoms with van der Waals surface area (Å²) < 4.78 is 0.484. The van der Waals surface area contributed by atoms with Crippen molar-refractivity contribution >= 4 is 63.0 Å². The zero-order chi connectivity index (χ0) is 26.5. The van der Waals surface area contributed by atoms with Gasteiger partial charge < -0.3 is 5.32 Å². The minimum absolute atomic E-state index is 0.148. The molecule has 0 radical (unpaired) electrons. The monoisotopic (exact) mass is 535 g/mol. The second-order valence-corrected chi connectivity index (χ2v) is 11.2. The van der Waals surface area contributed by atoms with E-state index in [0.29, 0.717) is 32.6 Å². The van der Waals surface area contributed by atoms with E-state index in [0.717, 1.165) is 36.1 Å². The molecule has 8 heteroatoms. The van der Waals surface area contributed by atoms with Gasteiger partial charge in [0.05, 0.1) is 16.2 Å². The van der Waals surface area contributed by atoms with Gasteiger partial charge in [0.15, 0.2) is 0 Å². The molecule has 0 aliphatic carbocycles. The maximum Gasteiger partial charge on any atom is 0.267 e. The molecule has 2 aromatic carbocycles. The van der Waals surface area contributed by atoms with E-state index in [1.165, 1.54) is 35.9 Å². The van der Waals surface area contributed by atoms with E-state index in [1.54, 1.807) is 4.90 Å². The van der Waals surface area contributed by atoms with Crippen LogP contribution in [0.5, 0.6) is 0 Å². The number of anilines is 2. The third-order valence-corrected chi connectivity index (χ3v) is 8.23. The van der Waals surface area contributed by atoms with Crippen molar-refractivity contribution in [2.45, 2.75) is 59.3 Å². The van der Waals surface area contributed by atoms with Crippen molar-refractivity contribution in [1.29, 1.82) is 0 Å². The summed E-state index contributed by atoms with van der Waals surface area (Å²) in [5.74, 6) is -0.862. The fourth-order valence-electron chi connectivity index (χ4n) is 4.78. The summed E-state index contributed by atoms with van der Waals surface area (Å²) in [7, 11) is 0. The molecule has 1 N–H and O–H groups in total. The van der Waals surface area contributed by atoms with Crippen LogP contribution < -0.4 is 10.2 Å². The molecule has 0 unspecified atom stereocenters. The number of rotatable bonds is 10. The Labute approximate surface area is 228 Å². The second kappa shape index (κ2) is 12.0. The lowest BCUT2D eigenvalue weighted by Crippen LogP contribution is -2.36. The van der Waals surface area contributed by atoms with Crippen molar-refractivity contribution in [2.75, 3.05) is 23.3 Å². The number of amides is 3. The number of carbonyl (C=O) groups excluding carboxylic acids is 3. The first-order valence-electron chi connectivity index (χ1n) is 12.9. The molecule has 2 aromatic rings. The summed E-state index contributed by atoms with van der Waals surface area (Å²) in [5, 5.41) is 2.96. The van der Waals surface area contributed by atoms with Gasteiger partial charge in [0, 0.05) is 17.8 Å². The number of thiocarbonyl (C=S) groups is 1. The Bertz CT molecular complexity index is 1250. The molecule has 2 aliphatic rings. The van der Waals surface area contributed by atoms with Gasteiger partial charge in [-0.3, -0.25) is 24.2 Å². The van der Waals surface area contributed by atoms with Crippen LogP contribution in [0.2, 0.25) is 0 Å². The quantitative estimate of drug-likeness (QED) is 0.222. The Hall–Kier alpha value is -2.97. The molecule has 2 aliphatic heterocycles. The normalized spacial score (nSPS) is 17.1. The number of benzene rings is 2. The van der Waals surface area contributed by atoms with Crippen molar-refractivity contribution in [3.8, 4) is 0 Å². The molecule has 1 fully saturated rings. The number of hydrogen-bond donors (Lipinski definition) is 1. The van der Waals surface area contributed by atoms with Crippen LogP contribution >= 0.6 is 24.0 Å². The molecule has 37 heavy (non-hydrogen) atoms. The lowest BCUT2D eigenvalue weighted by atomic mass is 10.1. The number of unbranched alkanes of at least 4 members (excludes halogenated alkanes) is 5. The zero-order valence-electron chi connectivity index (χ0n) is 21.6. The van der Waals surface area contributed by atoms with Crippen LogP contribution in [0, 0.1) is 13.8 Å². The number of fused-ring (bicyclic) bond motifs is 1. The minimum Gasteiger partial charge on any atom is -0.324 e. The van der Waals surface area contributed by atoms with E-state index in [1.807, 2.05) is 56.3 Å². The number of hydrogen-bond acceptors (Lipinski definition) is 5. The highest BCUT2D eigenvalue weighted by molar-refractivity contribution is 8.26. The molecule has 6 nitrogen and oxygen atoms in total. The predicted octanol–water partition coefficient (Wildman–Crippen LogP) is 6.22. The Morgan fingerprint density at radius 3 is 2.30 bits per heavy atom. The van der Waals surface area contributed by atoms with Gasteiger partial charge in [0.1, 0.15) is 10.9 Å². The van der Waals surface area contributed by atoms with E-state index >= 15 is 0 Å². The zero-order valence-corrected chi connectivity index (χ0v) is 23.3. The maximum atomic E-state index is 13.7. The van der Waals surface area contributed by atoms with Gasteiger partial charge in [-0.15, -0.1) is 0 Å². The molecule has 3 amide bonds. The van der Waals surface area contributed by atoms with Gasteiger partial charge in [-0.1, -0.05) is 99.4 Å². The fourth-order valence-corrected chi connectivity index (χ4v) is 6.16. The van der Waals surface area contributed by atoms with Gasteiger partial charge in [-0.25, -0.2) is 0 Å². The van der Waals surface area contributed by atoms with E-state index < -0.39 is 0 Å². The second-order valence-electron chi connectivity index (χ2n) is 9.52. The van der Waals surface area contributed by atoms with Crippen LogP contribution in [-0.4, -0.2) is 40.0 Å². The maximum absolute atomic E-state index is 13.7.